The summed E-state index contributed by atoms with van der Waals surface area (Å²) in [6.07, 6.45) is 0.0890. The number of aldehydes is 1. The molecular weight excluding hydrogens is 164 g/mol. The van der Waals surface area contributed by atoms with Crippen LogP contribution in [0.1, 0.15) is 6.92 Å². The molecule has 0 saturated heterocycles. The molecule has 12 heavy (non-hydrogen) atoms. The van der Waals surface area contributed by atoms with Gasteiger partial charge in [-0.2, -0.15) is 0 Å². The minimum atomic E-state index is -1.74. The maximum Gasteiger partial charge on any atom is 0.508 e. The van der Waals surface area contributed by atoms with E-state index in [-0.39, 0.29) is 12.9 Å². The van der Waals surface area contributed by atoms with Gasteiger partial charge in [0.05, 0.1) is 6.61 Å². The van der Waals surface area contributed by atoms with Crippen molar-refractivity contribution in [3.63, 3.8) is 0 Å². The number of rotatable bonds is 5. The monoisotopic (exact) mass is 174 g/mol. The first-order chi connectivity index (χ1) is 5.54. The quantitative estimate of drug-likeness (QED) is 0.289. The molecule has 0 bridgehead atoms. The van der Waals surface area contributed by atoms with E-state index in [1.54, 1.807) is 0 Å². The van der Waals surface area contributed by atoms with Crippen LogP contribution in [0.15, 0.2) is 12.7 Å². The lowest BCUT2D eigenvalue weighted by Crippen LogP contribution is -2.36. The van der Waals surface area contributed by atoms with Gasteiger partial charge in [-0.15, -0.1) is 6.58 Å². The lowest BCUT2D eigenvalue weighted by Gasteiger charge is -2.20. The Balaban J connectivity index is 4.12. The first-order valence-corrected chi connectivity index (χ1v) is 3.17. The Bertz CT molecular complexity index is 188. The van der Waals surface area contributed by atoms with Crippen LogP contribution in [-0.2, 0) is 14.3 Å². The largest absolute Gasteiger partial charge is 0.508 e. The minimum absolute atomic E-state index is 0.0442. The van der Waals surface area contributed by atoms with E-state index >= 15 is 0 Å². The van der Waals surface area contributed by atoms with Crippen molar-refractivity contribution in [2.75, 3.05) is 6.61 Å². The minimum Gasteiger partial charge on any atom is -0.450 e. The number of carbonyl (C=O) groups excluding carboxylic acids is 1. The molecule has 68 valence electrons. The van der Waals surface area contributed by atoms with Crippen molar-refractivity contribution < 1.29 is 24.2 Å². The van der Waals surface area contributed by atoms with E-state index in [1.807, 2.05) is 0 Å². The number of hydrogen-bond acceptors (Lipinski definition) is 4. The molecule has 0 saturated carbocycles. The first-order valence-electron chi connectivity index (χ1n) is 3.17. The van der Waals surface area contributed by atoms with Crippen molar-refractivity contribution in [2.45, 2.75) is 12.7 Å². The van der Waals surface area contributed by atoms with Crippen molar-refractivity contribution in [3.8, 4) is 0 Å². The SMILES string of the molecule is C=CCOC(C)(C=O)OC(=O)O. The van der Waals surface area contributed by atoms with Crippen molar-refractivity contribution in [1.29, 1.82) is 0 Å². The van der Waals surface area contributed by atoms with Gasteiger partial charge in [0.25, 0.3) is 5.79 Å². The normalized spacial score (nSPS) is 14.4. The van der Waals surface area contributed by atoms with Crippen molar-refractivity contribution in [3.05, 3.63) is 12.7 Å². The molecular formula is C7H10O5. The fourth-order valence-electron chi connectivity index (χ4n) is 0.485. The molecule has 0 aliphatic rings. The molecule has 0 heterocycles. The highest BCUT2D eigenvalue weighted by Gasteiger charge is 2.28. The molecule has 0 amide bonds. The van der Waals surface area contributed by atoms with E-state index in [2.05, 4.69) is 11.3 Å². The highest BCUT2D eigenvalue weighted by molar-refractivity contribution is 5.66. The van der Waals surface area contributed by atoms with Crippen LogP contribution in [-0.4, -0.2) is 29.9 Å². The summed E-state index contributed by atoms with van der Waals surface area (Å²) >= 11 is 0. The van der Waals surface area contributed by atoms with Crippen LogP contribution in [0.5, 0.6) is 0 Å². The maximum absolute atomic E-state index is 10.3. The number of ether oxygens (including phenoxy) is 2. The Kier molecular flexibility index (Phi) is 3.99. The van der Waals surface area contributed by atoms with Crippen LogP contribution in [0, 0.1) is 0 Å². The molecule has 0 spiro atoms. The van der Waals surface area contributed by atoms with E-state index < -0.39 is 11.9 Å². The molecule has 1 atom stereocenters. The topological polar surface area (TPSA) is 72.8 Å². The molecule has 0 aromatic rings. The molecule has 0 aromatic carbocycles. The summed E-state index contributed by atoms with van der Waals surface area (Å²) in [6.45, 7) is 4.58. The Morgan fingerprint density at radius 1 is 1.75 bits per heavy atom. The van der Waals surface area contributed by atoms with Gasteiger partial charge in [0, 0.05) is 6.92 Å². The number of hydrogen-bond donors (Lipinski definition) is 1. The van der Waals surface area contributed by atoms with Gasteiger partial charge < -0.3 is 14.6 Å². The van der Waals surface area contributed by atoms with Crippen LogP contribution in [0.4, 0.5) is 4.79 Å². The molecule has 5 heteroatoms. The van der Waals surface area contributed by atoms with Gasteiger partial charge in [-0.25, -0.2) is 4.79 Å². The van der Waals surface area contributed by atoms with Crippen LogP contribution in [0.25, 0.3) is 0 Å². The Labute approximate surface area is 69.6 Å². The van der Waals surface area contributed by atoms with Crippen molar-refractivity contribution >= 4 is 12.4 Å². The summed E-state index contributed by atoms with van der Waals surface area (Å²) in [7, 11) is 0. The lowest BCUT2D eigenvalue weighted by molar-refractivity contribution is -0.186. The van der Waals surface area contributed by atoms with Crippen LogP contribution in [0.3, 0.4) is 0 Å². The number of carboxylic acid groups (broad SMARTS) is 1. The summed E-state index contributed by atoms with van der Waals surface area (Å²) in [5, 5.41) is 8.19. The zero-order valence-corrected chi connectivity index (χ0v) is 6.65. The van der Waals surface area contributed by atoms with Gasteiger partial charge in [0.15, 0.2) is 6.29 Å². The van der Waals surface area contributed by atoms with E-state index in [1.165, 1.54) is 13.0 Å². The van der Waals surface area contributed by atoms with Crippen LogP contribution in [0.2, 0.25) is 0 Å². The van der Waals surface area contributed by atoms with Gasteiger partial charge in [0.1, 0.15) is 0 Å². The third-order valence-corrected chi connectivity index (χ3v) is 0.992. The molecule has 5 nitrogen and oxygen atoms in total. The smallest absolute Gasteiger partial charge is 0.450 e. The van der Waals surface area contributed by atoms with Crippen molar-refractivity contribution in [1.82, 2.24) is 0 Å². The van der Waals surface area contributed by atoms with E-state index in [0.717, 1.165) is 0 Å². The average Bonchev–Trinajstić information content (AvgIpc) is 2.00. The average molecular weight is 174 g/mol. The standard InChI is InChI=1S/C7H10O5/c1-3-4-11-7(2,5-8)12-6(9)10/h3,5H,1,4H2,2H3,(H,9,10). The summed E-state index contributed by atoms with van der Waals surface area (Å²) in [5.74, 6) is -1.74. The molecule has 0 radical (unpaired) electrons. The molecule has 0 rings (SSSR count). The Morgan fingerprint density at radius 2 is 2.33 bits per heavy atom. The second-order valence-corrected chi connectivity index (χ2v) is 2.10. The van der Waals surface area contributed by atoms with Gasteiger partial charge >= 0.3 is 6.16 Å². The van der Waals surface area contributed by atoms with Crippen molar-refractivity contribution in [2.24, 2.45) is 0 Å². The summed E-state index contributed by atoms with van der Waals surface area (Å²) in [6, 6.07) is 0. The molecule has 0 fully saturated rings. The predicted molar refractivity (Wildman–Crippen MR) is 39.7 cm³/mol. The van der Waals surface area contributed by atoms with Gasteiger partial charge in [0.2, 0.25) is 0 Å². The second-order valence-electron chi connectivity index (χ2n) is 2.10. The predicted octanol–water partition coefficient (Wildman–Crippen LogP) is 0.799. The molecule has 1 N–H and O–H groups in total. The van der Waals surface area contributed by atoms with E-state index in [9.17, 15) is 9.59 Å². The lowest BCUT2D eigenvalue weighted by atomic mass is 10.4. The molecule has 0 aliphatic heterocycles. The van der Waals surface area contributed by atoms with Crippen LogP contribution < -0.4 is 0 Å². The number of carbonyl (C=O) groups is 2. The van der Waals surface area contributed by atoms with Gasteiger partial charge in [-0.1, -0.05) is 6.08 Å². The summed E-state index contributed by atoms with van der Waals surface area (Å²) in [4.78, 5) is 20.4. The zero-order valence-electron chi connectivity index (χ0n) is 6.65. The molecule has 0 aliphatic carbocycles. The van der Waals surface area contributed by atoms with Gasteiger partial charge in [-0.3, -0.25) is 4.79 Å². The summed E-state index contributed by atoms with van der Waals surface area (Å²) < 4.78 is 8.92. The van der Waals surface area contributed by atoms with E-state index in [4.69, 9.17) is 9.84 Å². The Hall–Kier alpha value is -1.36. The maximum atomic E-state index is 10.3. The fraction of sp³-hybridized carbons (Fsp3) is 0.429. The molecule has 1 unspecified atom stereocenters. The summed E-state index contributed by atoms with van der Waals surface area (Å²) in [5.41, 5.74) is 0. The second kappa shape index (κ2) is 4.50. The highest BCUT2D eigenvalue weighted by Crippen LogP contribution is 2.08. The third-order valence-electron chi connectivity index (χ3n) is 0.992. The van der Waals surface area contributed by atoms with E-state index in [0.29, 0.717) is 0 Å². The third kappa shape index (κ3) is 3.72. The zero-order chi connectivity index (χ0) is 9.61. The fourth-order valence-corrected chi connectivity index (χ4v) is 0.485. The Morgan fingerprint density at radius 3 is 2.67 bits per heavy atom. The highest BCUT2D eigenvalue weighted by atomic mass is 16.8. The molecule has 0 aromatic heterocycles. The van der Waals surface area contributed by atoms with Crippen LogP contribution >= 0.6 is 0 Å². The van der Waals surface area contributed by atoms with Gasteiger partial charge in [-0.05, 0) is 0 Å². The first kappa shape index (κ1) is 10.6.